The summed E-state index contributed by atoms with van der Waals surface area (Å²) in [5.74, 6) is -0.980. The summed E-state index contributed by atoms with van der Waals surface area (Å²) in [7, 11) is 1.76. The first kappa shape index (κ1) is 12.0. The predicted molar refractivity (Wildman–Crippen MR) is 55.5 cm³/mol. The van der Waals surface area contributed by atoms with E-state index in [0.29, 0.717) is 0 Å². The molecule has 15 heavy (non-hydrogen) atoms. The average molecular weight is 214 g/mol. The van der Waals surface area contributed by atoms with Crippen molar-refractivity contribution in [3.05, 3.63) is 0 Å². The molecule has 5 heteroatoms. The van der Waals surface area contributed by atoms with Crippen molar-refractivity contribution < 1.29 is 14.7 Å². The maximum Gasteiger partial charge on any atom is 0.303 e. The fourth-order valence-electron chi connectivity index (χ4n) is 1.79. The minimum atomic E-state index is -0.915. The second kappa shape index (κ2) is 5.70. The molecular weight excluding hydrogens is 196 g/mol. The zero-order chi connectivity index (χ0) is 11.3. The van der Waals surface area contributed by atoms with Crippen molar-refractivity contribution >= 4 is 11.9 Å². The molecule has 0 radical (unpaired) electrons. The van der Waals surface area contributed by atoms with Gasteiger partial charge in [0.05, 0.1) is 6.42 Å². The van der Waals surface area contributed by atoms with Gasteiger partial charge in [-0.15, -0.1) is 0 Å². The number of nitrogens with one attached hydrogen (secondary N) is 1. The van der Waals surface area contributed by atoms with E-state index in [2.05, 4.69) is 5.32 Å². The molecule has 1 heterocycles. The topological polar surface area (TPSA) is 69.6 Å². The highest BCUT2D eigenvalue weighted by atomic mass is 16.4. The average Bonchev–Trinajstić information content (AvgIpc) is 2.26. The van der Waals surface area contributed by atoms with Gasteiger partial charge >= 0.3 is 5.97 Å². The quantitative estimate of drug-likeness (QED) is 0.694. The van der Waals surface area contributed by atoms with Gasteiger partial charge in [0.1, 0.15) is 0 Å². The maximum atomic E-state index is 11.6. The third-order valence-corrected chi connectivity index (χ3v) is 2.80. The van der Waals surface area contributed by atoms with Crippen LogP contribution in [0.2, 0.25) is 0 Å². The summed E-state index contributed by atoms with van der Waals surface area (Å²) in [6.07, 6.45) is 1.94. The number of amides is 1. The van der Waals surface area contributed by atoms with Gasteiger partial charge in [-0.05, 0) is 25.9 Å². The molecular formula is C10H18N2O3. The summed E-state index contributed by atoms with van der Waals surface area (Å²) in [6, 6.07) is 0.271. The van der Waals surface area contributed by atoms with Crippen LogP contribution in [-0.4, -0.2) is 48.1 Å². The highest BCUT2D eigenvalue weighted by molar-refractivity contribution is 5.80. The second-order valence-electron chi connectivity index (χ2n) is 3.88. The summed E-state index contributed by atoms with van der Waals surface area (Å²) in [5, 5.41) is 11.7. The van der Waals surface area contributed by atoms with Gasteiger partial charge in [-0.3, -0.25) is 9.59 Å². The smallest absolute Gasteiger partial charge is 0.303 e. The molecule has 86 valence electrons. The van der Waals surface area contributed by atoms with Gasteiger partial charge in [0.15, 0.2) is 0 Å². The van der Waals surface area contributed by atoms with Crippen molar-refractivity contribution in [2.24, 2.45) is 0 Å². The molecule has 0 aromatic heterocycles. The van der Waals surface area contributed by atoms with Crippen LogP contribution in [0.25, 0.3) is 0 Å². The SMILES string of the molecule is CN(C(=O)CCC(=O)O)C1CCNCC1. The molecule has 0 saturated carbocycles. The van der Waals surface area contributed by atoms with Crippen LogP contribution >= 0.6 is 0 Å². The zero-order valence-electron chi connectivity index (χ0n) is 9.03. The second-order valence-corrected chi connectivity index (χ2v) is 3.88. The van der Waals surface area contributed by atoms with E-state index >= 15 is 0 Å². The van der Waals surface area contributed by atoms with E-state index in [0.717, 1.165) is 25.9 Å². The number of carboxylic acids is 1. The van der Waals surface area contributed by atoms with Gasteiger partial charge in [-0.1, -0.05) is 0 Å². The molecule has 0 aromatic rings. The van der Waals surface area contributed by atoms with E-state index in [9.17, 15) is 9.59 Å². The summed E-state index contributed by atoms with van der Waals surface area (Å²) < 4.78 is 0. The van der Waals surface area contributed by atoms with Crippen LogP contribution in [0.15, 0.2) is 0 Å². The molecule has 1 saturated heterocycles. The minimum Gasteiger partial charge on any atom is -0.481 e. The van der Waals surface area contributed by atoms with E-state index in [1.165, 1.54) is 0 Å². The van der Waals surface area contributed by atoms with Crippen LogP contribution < -0.4 is 5.32 Å². The summed E-state index contributed by atoms with van der Waals surface area (Å²) >= 11 is 0. The van der Waals surface area contributed by atoms with Crippen LogP contribution in [0.3, 0.4) is 0 Å². The Balaban J connectivity index is 2.33. The lowest BCUT2D eigenvalue weighted by Crippen LogP contribution is -2.44. The van der Waals surface area contributed by atoms with Gasteiger partial charge in [0, 0.05) is 19.5 Å². The molecule has 0 unspecified atom stereocenters. The minimum absolute atomic E-state index is 0.0655. The highest BCUT2D eigenvalue weighted by Gasteiger charge is 2.21. The maximum absolute atomic E-state index is 11.6. The Kier molecular flexibility index (Phi) is 4.55. The number of carboxylic acid groups (broad SMARTS) is 1. The number of hydrogen-bond acceptors (Lipinski definition) is 3. The third kappa shape index (κ3) is 3.87. The number of rotatable bonds is 4. The Bertz CT molecular complexity index is 237. The lowest BCUT2D eigenvalue weighted by atomic mass is 10.0. The number of carbonyl (C=O) groups excluding carboxylic acids is 1. The van der Waals surface area contributed by atoms with Crippen molar-refractivity contribution in [2.45, 2.75) is 31.7 Å². The van der Waals surface area contributed by atoms with Gasteiger partial charge in [-0.2, -0.15) is 0 Å². The molecule has 1 fully saturated rings. The molecule has 0 aliphatic carbocycles. The van der Waals surface area contributed by atoms with E-state index in [1.807, 2.05) is 0 Å². The lowest BCUT2D eigenvalue weighted by molar-refractivity contribution is -0.141. The van der Waals surface area contributed by atoms with Crippen LogP contribution in [0.1, 0.15) is 25.7 Å². The molecule has 1 amide bonds. The molecule has 1 aliphatic heterocycles. The van der Waals surface area contributed by atoms with E-state index in [4.69, 9.17) is 5.11 Å². The van der Waals surface area contributed by atoms with Crippen molar-refractivity contribution in [1.82, 2.24) is 10.2 Å². The number of piperidine rings is 1. The van der Waals surface area contributed by atoms with Gasteiger partial charge in [0.25, 0.3) is 0 Å². The van der Waals surface area contributed by atoms with Crippen LogP contribution in [0.4, 0.5) is 0 Å². The van der Waals surface area contributed by atoms with E-state index in [1.54, 1.807) is 11.9 Å². The lowest BCUT2D eigenvalue weighted by Gasteiger charge is -2.31. The van der Waals surface area contributed by atoms with Crippen LogP contribution in [0.5, 0.6) is 0 Å². The molecule has 0 bridgehead atoms. The molecule has 0 spiro atoms. The third-order valence-electron chi connectivity index (χ3n) is 2.80. The van der Waals surface area contributed by atoms with Crippen molar-refractivity contribution in [1.29, 1.82) is 0 Å². The molecule has 0 aromatic carbocycles. The Morgan fingerprint density at radius 2 is 1.93 bits per heavy atom. The Hall–Kier alpha value is -1.10. The summed E-state index contributed by atoms with van der Waals surface area (Å²) in [4.78, 5) is 23.6. The van der Waals surface area contributed by atoms with Crippen LogP contribution in [0, 0.1) is 0 Å². The zero-order valence-corrected chi connectivity index (χ0v) is 9.03. The fraction of sp³-hybridized carbons (Fsp3) is 0.800. The molecule has 0 atom stereocenters. The molecule has 2 N–H and O–H groups in total. The number of carbonyl (C=O) groups is 2. The molecule has 1 rings (SSSR count). The summed E-state index contributed by atoms with van der Waals surface area (Å²) in [5.41, 5.74) is 0. The predicted octanol–water partition coefficient (Wildman–Crippen LogP) is 0.0616. The Morgan fingerprint density at radius 3 is 2.47 bits per heavy atom. The monoisotopic (exact) mass is 214 g/mol. The van der Waals surface area contributed by atoms with Crippen molar-refractivity contribution in [3.8, 4) is 0 Å². The Labute approximate surface area is 89.4 Å². The van der Waals surface area contributed by atoms with E-state index in [-0.39, 0.29) is 24.8 Å². The molecule has 5 nitrogen and oxygen atoms in total. The first-order valence-electron chi connectivity index (χ1n) is 5.29. The first-order chi connectivity index (χ1) is 7.11. The Morgan fingerprint density at radius 1 is 1.33 bits per heavy atom. The number of aliphatic carboxylic acids is 1. The standard InChI is InChI=1S/C10H18N2O3/c1-12(8-4-6-11-7-5-8)9(13)2-3-10(14)15/h8,11H,2-7H2,1H3,(H,14,15). The number of nitrogens with zero attached hydrogens (tertiary/aromatic N) is 1. The van der Waals surface area contributed by atoms with Crippen molar-refractivity contribution in [3.63, 3.8) is 0 Å². The van der Waals surface area contributed by atoms with Gasteiger partial charge in [0.2, 0.25) is 5.91 Å². The highest BCUT2D eigenvalue weighted by Crippen LogP contribution is 2.11. The number of hydrogen-bond donors (Lipinski definition) is 2. The molecule has 1 aliphatic rings. The normalized spacial score (nSPS) is 17.4. The summed E-state index contributed by atoms with van der Waals surface area (Å²) in [6.45, 7) is 1.86. The fourth-order valence-corrected chi connectivity index (χ4v) is 1.79. The van der Waals surface area contributed by atoms with Crippen LogP contribution in [-0.2, 0) is 9.59 Å². The first-order valence-corrected chi connectivity index (χ1v) is 5.29. The van der Waals surface area contributed by atoms with Gasteiger partial charge < -0.3 is 15.3 Å². The largest absolute Gasteiger partial charge is 0.481 e. The van der Waals surface area contributed by atoms with E-state index < -0.39 is 5.97 Å². The van der Waals surface area contributed by atoms with Gasteiger partial charge in [-0.25, -0.2) is 0 Å². The van der Waals surface area contributed by atoms with Crippen molar-refractivity contribution in [2.75, 3.05) is 20.1 Å².